The maximum Gasteiger partial charge on any atom is 0.265 e. The number of alkyl halides is 2. The standard InChI is InChI=1S/C18H21F2N5OS2/c1-10-4-12-7-28-17(21)25-18(12,9-26-10)16-24-14(8-27-16)23-6-13-3-2-11(5-22-13)15(19)20/h2-3,5,8,10,12,15,23H,4,6-7,9H2,1H3,(H2,21,25)/t10-,12-,18-/m0/s1. The minimum Gasteiger partial charge on any atom is -0.379 e. The minimum absolute atomic E-state index is 0.0815. The second kappa shape index (κ2) is 7.92. The highest BCUT2D eigenvalue weighted by molar-refractivity contribution is 8.13. The van der Waals surface area contributed by atoms with E-state index in [1.54, 1.807) is 17.8 Å². The van der Waals surface area contributed by atoms with Crippen molar-refractivity contribution in [2.45, 2.75) is 38.0 Å². The summed E-state index contributed by atoms with van der Waals surface area (Å²) in [6.45, 7) is 2.96. The molecule has 1 saturated heterocycles. The Kier molecular flexibility index (Phi) is 5.52. The van der Waals surface area contributed by atoms with Crippen LogP contribution in [0.2, 0.25) is 0 Å². The van der Waals surface area contributed by atoms with Crippen LogP contribution in [0.4, 0.5) is 14.6 Å². The van der Waals surface area contributed by atoms with Crippen LogP contribution in [-0.4, -0.2) is 33.6 Å². The molecule has 150 valence electrons. The third-order valence-corrected chi connectivity index (χ3v) is 7.01. The number of thiazole rings is 1. The summed E-state index contributed by atoms with van der Waals surface area (Å²) in [5, 5.41) is 6.59. The van der Waals surface area contributed by atoms with Crippen molar-refractivity contribution in [2.75, 3.05) is 17.7 Å². The fourth-order valence-corrected chi connectivity index (χ4v) is 5.48. The maximum atomic E-state index is 12.6. The smallest absolute Gasteiger partial charge is 0.265 e. The molecule has 0 aromatic carbocycles. The zero-order valence-electron chi connectivity index (χ0n) is 15.3. The number of hydrogen-bond acceptors (Lipinski definition) is 8. The van der Waals surface area contributed by atoms with E-state index in [0.717, 1.165) is 17.2 Å². The van der Waals surface area contributed by atoms with Crippen LogP contribution in [0, 0.1) is 5.92 Å². The number of nitrogens with zero attached hydrogens (tertiary/aromatic N) is 3. The van der Waals surface area contributed by atoms with Crippen LogP contribution >= 0.6 is 23.1 Å². The molecule has 2 aromatic heterocycles. The Morgan fingerprint density at radius 1 is 1.43 bits per heavy atom. The van der Waals surface area contributed by atoms with E-state index < -0.39 is 12.0 Å². The predicted octanol–water partition coefficient (Wildman–Crippen LogP) is 3.77. The predicted molar refractivity (Wildman–Crippen MR) is 108 cm³/mol. The summed E-state index contributed by atoms with van der Waals surface area (Å²) in [7, 11) is 0. The van der Waals surface area contributed by atoms with Gasteiger partial charge in [-0.15, -0.1) is 11.3 Å². The fraction of sp³-hybridized carbons (Fsp3) is 0.500. The van der Waals surface area contributed by atoms with Gasteiger partial charge in [0.05, 0.1) is 24.9 Å². The quantitative estimate of drug-likeness (QED) is 0.759. The second-order valence-corrected chi connectivity index (χ2v) is 8.91. The van der Waals surface area contributed by atoms with E-state index in [1.165, 1.54) is 23.6 Å². The van der Waals surface area contributed by atoms with Gasteiger partial charge in [-0.25, -0.2) is 18.8 Å². The van der Waals surface area contributed by atoms with Crippen LogP contribution in [0.5, 0.6) is 0 Å². The van der Waals surface area contributed by atoms with Gasteiger partial charge in [0.2, 0.25) is 0 Å². The number of fused-ring (bicyclic) bond motifs is 1. The molecule has 0 aliphatic carbocycles. The molecule has 6 nitrogen and oxygen atoms in total. The molecule has 3 N–H and O–H groups in total. The highest BCUT2D eigenvalue weighted by Gasteiger charge is 2.49. The number of nitrogens with two attached hydrogens (primary N) is 1. The van der Waals surface area contributed by atoms with Crippen molar-refractivity contribution in [2.24, 2.45) is 16.6 Å². The fourth-order valence-electron chi connectivity index (χ4n) is 3.48. The van der Waals surface area contributed by atoms with E-state index in [0.29, 0.717) is 35.7 Å². The number of anilines is 1. The molecule has 0 bridgehead atoms. The topological polar surface area (TPSA) is 85.4 Å². The number of amidine groups is 1. The number of aliphatic imine (C=N–C) groups is 1. The largest absolute Gasteiger partial charge is 0.379 e. The zero-order valence-corrected chi connectivity index (χ0v) is 16.9. The summed E-state index contributed by atoms with van der Waals surface area (Å²) in [6, 6.07) is 2.98. The molecule has 4 heterocycles. The van der Waals surface area contributed by atoms with Gasteiger partial charge in [-0.2, -0.15) is 0 Å². The number of nitrogens with one attached hydrogen (secondary N) is 1. The zero-order chi connectivity index (χ0) is 19.7. The SMILES string of the molecule is C[C@H]1C[C@H]2CSC(N)=N[C@@]2(c2nc(NCc3ccc(C(F)F)cn3)cs2)CO1. The lowest BCUT2D eigenvalue weighted by Crippen LogP contribution is -2.49. The van der Waals surface area contributed by atoms with Gasteiger partial charge in [0, 0.05) is 28.8 Å². The van der Waals surface area contributed by atoms with Crippen molar-refractivity contribution < 1.29 is 13.5 Å². The van der Waals surface area contributed by atoms with Crippen molar-refractivity contribution in [3.05, 3.63) is 40.0 Å². The van der Waals surface area contributed by atoms with Crippen LogP contribution in [0.3, 0.4) is 0 Å². The van der Waals surface area contributed by atoms with Crippen LogP contribution in [-0.2, 0) is 16.8 Å². The first-order valence-electron chi connectivity index (χ1n) is 8.99. The average molecular weight is 426 g/mol. The number of thioether (sulfide) groups is 1. The molecule has 2 aliphatic heterocycles. The van der Waals surface area contributed by atoms with Gasteiger partial charge < -0.3 is 15.8 Å². The van der Waals surface area contributed by atoms with Crippen LogP contribution in [0.15, 0.2) is 28.7 Å². The van der Waals surface area contributed by atoms with Crippen molar-refractivity contribution in [3.8, 4) is 0 Å². The molecule has 0 saturated carbocycles. The van der Waals surface area contributed by atoms with Crippen molar-refractivity contribution >= 4 is 34.1 Å². The summed E-state index contributed by atoms with van der Waals surface area (Å²) < 4.78 is 31.2. The lowest BCUT2D eigenvalue weighted by atomic mass is 9.80. The first-order valence-corrected chi connectivity index (χ1v) is 10.9. The monoisotopic (exact) mass is 425 g/mol. The molecule has 2 aromatic rings. The van der Waals surface area contributed by atoms with Gasteiger partial charge in [0.1, 0.15) is 16.4 Å². The minimum atomic E-state index is -2.51. The Balaban J connectivity index is 1.49. The molecule has 0 unspecified atom stereocenters. The molecule has 1 fully saturated rings. The Labute approximate surface area is 170 Å². The number of aromatic nitrogens is 2. The average Bonchev–Trinajstić information content (AvgIpc) is 3.16. The van der Waals surface area contributed by atoms with Crippen LogP contribution in [0.25, 0.3) is 0 Å². The molecule has 0 amide bonds. The lowest BCUT2D eigenvalue weighted by Gasteiger charge is -2.44. The highest BCUT2D eigenvalue weighted by Crippen LogP contribution is 2.47. The van der Waals surface area contributed by atoms with E-state index >= 15 is 0 Å². The third kappa shape index (κ3) is 3.85. The summed E-state index contributed by atoms with van der Waals surface area (Å²) in [4.78, 5) is 13.6. The molecular formula is C18H21F2N5OS2. The summed E-state index contributed by atoms with van der Waals surface area (Å²) in [6.07, 6.45) is -0.180. The van der Waals surface area contributed by atoms with E-state index in [1.807, 2.05) is 5.38 Å². The first kappa shape index (κ1) is 19.5. The highest BCUT2D eigenvalue weighted by atomic mass is 32.2. The number of ether oxygens (including phenoxy) is 1. The molecule has 10 heteroatoms. The van der Waals surface area contributed by atoms with Gasteiger partial charge in [0.25, 0.3) is 6.43 Å². The maximum absolute atomic E-state index is 12.6. The van der Waals surface area contributed by atoms with E-state index in [9.17, 15) is 8.78 Å². The number of hydrogen-bond donors (Lipinski definition) is 2. The molecular weight excluding hydrogens is 404 g/mol. The molecule has 0 spiro atoms. The van der Waals surface area contributed by atoms with Crippen molar-refractivity contribution in [3.63, 3.8) is 0 Å². The first-order chi connectivity index (χ1) is 13.5. The lowest BCUT2D eigenvalue weighted by molar-refractivity contribution is -0.0466. The molecule has 28 heavy (non-hydrogen) atoms. The Morgan fingerprint density at radius 3 is 3.04 bits per heavy atom. The van der Waals surface area contributed by atoms with E-state index in [4.69, 9.17) is 20.4 Å². The normalized spacial score (nSPS) is 27.4. The summed E-state index contributed by atoms with van der Waals surface area (Å²) >= 11 is 3.12. The summed E-state index contributed by atoms with van der Waals surface area (Å²) in [5.74, 6) is 1.95. The Hall–Kier alpha value is -1.78. The Morgan fingerprint density at radius 2 is 2.29 bits per heavy atom. The van der Waals surface area contributed by atoms with Crippen LogP contribution in [0.1, 0.15) is 36.0 Å². The molecule has 3 atom stereocenters. The van der Waals surface area contributed by atoms with Gasteiger partial charge in [-0.05, 0) is 25.5 Å². The van der Waals surface area contributed by atoms with E-state index in [-0.39, 0.29) is 11.7 Å². The molecule has 0 radical (unpaired) electrons. The van der Waals surface area contributed by atoms with Crippen LogP contribution < -0.4 is 11.1 Å². The summed E-state index contributed by atoms with van der Waals surface area (Å²) in [5.41, 5.74) is 6.09. The van der Waals surface area contributed by atoms with Crippen molar-refractivity contribution in [1.29, 1.82) is 0 Å². The van der Waals surface area contributed by atoms with Gasteiger partial charge in [-0.3, -0.25) is 4.98 Å². The molecule has 2 aliphatic rings. The number of pyridine rings is 1. The molecule has 4 rings (SSSR count). The van der Waals surface area contributed by atoms with Gasteiger partial charge >= 0.3 is 0 Å². The Bertz CT molecular complexity index is 860. The number of halogens is 2. The third-order valence-electron chi connectivity index (χ3n) is 5.05. The van der Waals surface area contributed by atoms with Gasteiger partial charge in [0.15, 0.2) is 5.17 Å². The van der Waals surface area contributed by atoms with E-state index in [2.05, 4.69) is 17.2 Å². The van der Waals surface area contributed by atoms with Gasteiger partial charge in [-0.1, -0.05) is 11.8 Å². The van der Waals surface area contributed by atoms with Crippen molar-refractivity contribution in [1.82, 2.24) is 9.97 Å². The second-order valence-electron chi connectivity index (χ2n) is 7.01. The number of rotatable bonds is 5.